The normalized spacial score (nSPS) is 17.2. The zero-order chi connectivity index (χ0) is 18.3. The minimum Gasteiger partial charge on any atom is -0.477 e. The summed E-state index contributed by atoms with van der Waals surface area (Å²) in [5, 5.41) is 6.51. The molecular formula is C18H23N5O3. The average Bonchev–Trinajstić information content (AvgIpc) is 3.51. The molecule has 0 unspecified atom stereocenters. The first-order chi connectivity index (χ1) is 12.4. The number of rotatable bonds is 7. The van der Waals surface area contributed by atoms with E-state index < -0.39 is 5.54 Å². The molecule has 0 spiro atoms. The topological polar surface area (TPSA) is 116 Å². The SMILES string of the molecule is CC(C)(NC(=O)c1nc(OCC2CC2)ccc1C1CC1)c1nc(N)no1. The van der Waals surface area contributed by atoms with Gasteiger partial charge in [-0.3, -0.25) is 4.79 Å². The summed E-state index contributed by atoms with van der Waals surface area (Å²) >= 11 is 0. The highest BCUT2D eigenvalue weighted by atomic mass is 16.5. The molecule has 8 heteroatoms. The second-order valence-corrected chi connectivity index (χ2v) is 7.65. The van der Waals surface area contributed by atoms with E-state index in [9.17, 15) is 4.79 Å². The van der Waals surface area contributed by atoms with Crippen LogP contribution in [0, 0.1) is 5.92 Å². The van der Waals surface area contributed by atoms with Gasteiger partial charge in [0.25, 0.3) is 17.7 Å². The van der Waals surface area contributed by atoms with Crippen molar-refractivity contribution in [2.45, 2.75) is 51.0 Å². The number of nitrogens with two attached hydrogens (primary N) is 1. The first-order valence-corrected chi connectivity index (χ1v) is 8.98. The molecule has 4 rings (SSSR count). The lowest BCUT2D eigenvalue weighted by Gasteiger charge is -2.22. The van der Waals surface area contributed by atoms with Crippen LogP contribution < -0.4 is 15.8 Å². The van der Waals surface area contributed by atoms with Crippen molar-refractivity contribution in [1.82, 2.24) is 20.4 Å². The van der Waals surface area contributed by atoms with Gasteiger partial charge in [0, 0.05) is 6.07 Å². The van der Waals surface area contributed by atoms with Crippen molar-refractivity contribution in [3.05, 3.63) is 29.3 Å². The monoisotopic (exact) mass is 357 g/mol. The summed E-state index contributed by atoms with van der Waals surface area (Å²) < 4.78 is 10.9. The van der Waals surface area contributed by atoms with E-state index in [0.717, 1.165) is 18.4 Å². The van der Waals surface area contributed by atoms with Crippen LogP contribution in [0.4, 0.5) is 5.95 Å². The molecule has 0 saturated heterocycles. The summed E-state index contributed by atoms with van der Waals surface area (Å²) in [4.78, 5) is 21.4. The van der Waals surface area contributed by atoms with E-state index in [1.165, 1.54) is 12.8 Å². The largest absolute Gasteiger partial charge is 0.477 e. The summed E-state index contributed by atoms with van der Waals surface area (Å²) in [5.74, 6) is 1.51. The van der Waals surface area contributed by atoms with Crippen LogP contribution in [0.25, 0.3) is 0 Å². The van der Waals surface area contributed by atoms with Crippen LogP contribution in [0.5, 0.6) is 5.88 Å². The molecule has 138 valence electrons. The van der Waals surface area contributed by atoms with Crippen molar-refractivity contribution < 1.29 is 14.1 Å². The minimum atomic E-state index is -0.866. The lowest BCUT2D eigenvalue weighted by molar-refractivity contribution is 0.0887. The molecule has 0 atom stereocenters. The fourth-order valence-corrected chi connectivity index (χ4v) is 2.81. The molecule has 2 fully saturated rings. The molecule has 3 N–H and O–H groups in total. The van der Waals surface area contributed by atoms with Gasteiger partial charge in [0.15, 0.2) is 0 Å². The first-order valence-electron chi connectivity index (χ1n) is 8.98. The molecule has 2 aliphatic rings. The Labute approximate surface area is 151 Å². The molecule has 2 saturated carbocycles. The number of nitrogen functional groups attached to an aromatic ring is 1. The third-order valence-electron chi connectivity index (χ3n) is 4.70. The summed E-state index contributed by atoms with van der Waals surface area (Å²) in [7, 11) is 0. The van der Waals surface area contributed by atoms with Gasteiger partial charge in [-0.25, -0.2) is 4.98 Å². The van der Waals surface area contributed by atoms with Crippen molar-refractivity contribution in [3.8, 4) is 5.88 Å². The second kappa shape index (κ2) is 6.26. The molecule has 2 aromatic rings. The maximum atomic E-state index is 12.9. The minimum absolute atomic E-state index is 0.0367. The Kier molecular flexibility index (Phi) is 4.05. The summed E-state index contributed by atoms with van der Waals surface area (Å²) in [5.41, 5.74) is 6.01. The number of hydrogen-bond acceptors (Lipinski definition) is 7. The molecule has 26 heavy (non-hydrogen) atoms. The van der Waals surface area contributed by atoms with Gasteiger partial charge < -0.3 is 20.3 Å². The number of carbonyl (C=O) groups excluding carboxylic acids is 1. The number of anilines is 1. The van der Waals surface area contributed by atoms with Crippen molar-refractivity contribution in [1.29, 1.82) is 0 Å². The molecule has 0 bridgehead atoms. The van der Waals surface area contributed by atoms with Crippen molar-refractivity contribution in [3.63, 3.8) is 0 Å². The number of aromatic nitrogens is 3. The van der Waals surface area contributed by atoms with E-state index in [4.69, 9.17) is 15.0 Å². The van der Waals surface area contributed by atoms with Crippen LogP contribution >= 0.6 is 0 Å². The average molecular weight is 357 g/mol. The van der Waals surface area contributed by atoms with Gasteiger partial charge in [0.1, 0.15) is 11.2 Å². The highest BCUT2D eigenvalue weighted by Gasteiger charge is 2.34. The van der Waals surface area contributed by atoms with Gasteiger partial charge in [0.2, 0.25) is 5.88 Å². The Morgan fingerprint density at radius 3 is 2.69 bits per heavy atom. The lowest BCUT2D eigenvalue weighted by atomic mass is 10.0. The zero-order valence-corrected chi connectivity index (χ0v) is 15.0. The lowest BCUT2D eigenvalue weighted by Crippen LogP contribution is -2.42. The van der Waals surface area contributed by atoms with Gasteiger partial charge in [-0.1, -0.05) is 6.07 Å². The number of nitrogens with one attached hydrogen (secondary N) is 1. The van der Waals surface area contributed by atoms with Gasteiger partial charge in [0.05, 0.1) is 6.61 Å². The molecule has 1 amide bonds. The Hall–Kier alpha value is -2.64. The standard InChI is InChI=1S/C18H23N5O3/c1-18(2,16-21-17(19)23-26-16)22-15(24)14-12(11-5-6-11)7-8-13(20-14)25-9-10-3-4-10/h7-8,10-11H,3-6,9H2,1-2H3,(H2,19,23)(H,22,24). The number of carbonyl (C=O) groups is 1. The summed E-state index contributed by atoms with van der Waals surface area (Å²) in [6.07, 6.45) is 4.56. The number of ether oxygens (including phenoxy) is 1. The molecule has 0 aromatic carbocycles. The third kappa shape index (κ3) is 3.63. The van der Waals surface area contributed by atoms with E-state index in [0.29, 0.717) is 30.0 Å². The molecule has 2 aromatic heterocycles. The van der Waals surface area contributed by atoms with E-state index in [1.54, 1.807) is 13.8 Å². The van der Waals surface area contributed by atoms with Crippen LogP contribution in [-0.4, -0.2) is 27.6 Å². The molecular weight excluding hydrogens is 334 g/mol. The Bertz CT molecular complexity index is 824. The summed E-state index contributed by atoms with van der Waals surface area (Å²) in [6.45, 7) is 4.22. The number of hydrogen-bond donors (Lipinski definition) is 2. The zero-order valence-electron chi connectivity index (χ0n) is 15.0. The molecule has 0 aliphatic heterocycles. The fourth-order valence-electron chi connectivity index (χ4n) is 2.81. The molecule has 2 heterocycles. The van der Waals surface area contributed by atoms with Crippen molar-refractivity contribution in [2.24, 2.45) is 5.92 Å². The number of nitrogens with zero attached hydrogens (tertiary/aromatic N) is 3. The van der Waals surface area contributed by atoms with Gasteiger partial charge in [-0.15, -0.1) is 0 Å². The van der Waals surface area contributed by atoms with Crippen molar-refractivity contribution in [2.75, 3.05) is 12.3 Å². The molecule has 2 aliphatic carbocycles. The molecule has 8 nitrogen and oxygen atoms in total. The fraction of sp³-hybridized carbons (Fsp3) is 0.556. The van der Waals surface area contributed by atoms with Gasteiger partial charge >= 0.3 is 0 Å². The predicted octanol–water partition coefficient (Wildman–Crippen LogP) is 2.38. The summed E-state index contributed by atoms with van der Waals surface area (Å²) in [6, 6.07) is 3.82. The smallest absolute Gasteiger partial charge is 0.271 e. The van der Waals surface area contributed by atoms with Gasteiger partial charge in [-0.2, -0.15) is 4.98 Å². The van der Waals surface area contributed by atoms with Crippen molar-refractivity contribution >= 4 is 11.9 Å². The van der Waals surface area contributed by atoms with Crippen LogP contribution in [0.1, 0.15) is 67.4 Å². The van der Waals surface area contributed by atoms with Crippen LogP contribution in [0.15, 0.2) is 16.7 Å². The van der Waals surface area contributed by atoms with E-state index in [1.807, 2.05) is 12.1 Å². The quantitative estimate of drug-likeness (QED) is 0.781. The van der Waals surface area contributed by atoms with Crippen LogP contribution in [0.2, 0.25) is 0 Å². The van der Waals surface area contributed by atoms with Crippen LogP contribution in [0.3, 0.4) is 0 Å². The first kappa shape index (κ1) is 16.8. The molecule has 0 radical (unpaired) electrons. The van der Waals surface area contributed by atoms with E-state index in [-0.39, 0.29) is 17.7 Å². The maximum absolute atomic E-state index is 12.9. The van der Waals surface area contributed by atoms with E-state index >= 15 is 0 Å². The second-order valence-electron chi connectivity index (χ2n) is 7.65. The Morgan fingerprint density at radius 2 is 2.08 bits per heavy atom. The number of amides is 1. The Balaban J connectivity index is 1.55. The third-order valence-corrected chi connectivity index (χ3v) is 4.70. The Morgan fingerprint density at radius 1 is 1.31 bits per heavy atom. The van der Waals surface area contributed by atoms with Crippen LogP contribution in [-0.2, 0) is 5.54 Å². The van der Waals surface area contributed by atoms with Gasteiger partial charge in [-0.05, 0) is 62.1 Å². The maximum Gasteiger partial charge on any atom is 0.271 e. The van der Waals surface area contributed by atoms with E-state index in [2.05, 4.69) is 20.4 Å². The number of pyridine rings is 1. The highest BCUT2D eigenvalue weighted by molar-refractivity contribution is 5.94. The predicted molar refractivity (Wildman–Crippen MR) is 93.6 cm³/mol. The highest BCUT2D eigenvalue weighted by Crippen LogP contribution is 2.42.